The summed E-state index contributed by atoms with van der Waals surface area (Å²) in [6, 6.07) is 2.05. The number of ether oxygens (including phenoxy) is 1. The summed E-state index contributed by atoms with van der Waals surface area (Å²) in [6.45, 7) is 2.69. The van der Waals surface area contributed by atoms with E-state index in [9.17, 15) is 13.2 Å². The number of nitrogens with two attached hydrogens (primary N) is 1. The van der Waals surface area contributed by atoms with E-state index in [0.717, 1.165) is 13.0 Å². The van der Waals surface area contributed by atoms with E-state index in [2.05, 4.69) is 0 Å². The largest absolute Gasteiger partial charge is 0.493 e. The van der Waals surface area contributed by atoms with Gasteiger partial charge in [0.1, 0.15) is 0 Å². The first-order chi connectivity index (χ1) is 7.81. The molecule has 0 heterocycles. The molecular weight excluding hydrogens is 231 g/mol. The van der Waals surface area contributed by atoms with Gasteiger partial charge in [-0.1, -0.05) is 6.92 Å². The highest BCUT2D eigenvalue weighted by Gasteiger charge is 2.28. The van der Waals surface area contributed by atoms with Crippen LogP contribution >= 0.6 is 0 Å². The summed E-state index contributed by atoms with van der Waals surface area (Å²) in [4.78, 5) is 0. The minimum absolute atomic E-state index is 0.0176. The summed E-state index contributed by atoms with van der Waals surface area (Å²) in [5, 5.41) is 0. The number of halogens is 3. The van der Waals surface area contributed by atoms with Crippen molar-refractivity contribution in [1.82, 2.24) is 0 Å². The first-order valence-corrected chi connectivity index (χ1v) is 5.27. The van der Waals surface area contributed by atoms with Crippen LogP contribution in [0.3, 0.4) is 0 Å². The molecule has 0 aromatic heterocycles. The Kier molecular flexibility index (Phi) is 4.03. The topological polar surface area (TPSA) is 35.2 Å². The van der Waals surface area contributed by atoms with Crippen molar-refractivity contribution >= 4 is 0 Å². The zero-order chi connectivity index (χ0) is 13.2. The molecule has 0 aliphatic heterocycles. The molecule has 0 aliphatic rings. The Morgan fingerprint density at radius 1 is 1.41 bits per heavy atom. The van der Waals surface area contributed by atoms with Crippen LogP contribution in [0.15, 0.2) is 12.1 Å². The lowest BCUT2D eigenvalue weighted by atomic mass is 9.96. The van der Waals surface area contributed by atoms with Gasteiger partial charge in [0.15, 0.2) is 11.6 Å². The van der Waals surface area contributed by atoms with Crippen LogP contribution in [0.25, 0.3) is 0 Å². The van der Waals surface area contributed by atoms with Crippen molar-refractivity contribution in [2.75, 3.05) is 13.7 Å². The van der Waals surface area contributed by atoms with Gasteiger partial charge in [0, 0.05) is 18.1 Å². The lowest BCUT2D eigenvalue weighted by Crippen LogP contribution is -2.14. The van der Waals surface area contributed by atoms with Gasteiger partial charge in [0.05, 0.1) is 7.11 Å². The summed E-state index contributed by atoms with van der Waals surface area (Å²) in [7, 11) is 1.30. The molecule has 0 aliphatic carbocycles. The Morgan fingerprint density at radius 2 is 2.00 bits per heavy atom. The maximum absolute atomic E-state index is 13.6. The quantitative estimate of drug-likeness (QED) is 0.887. The van der Waals surface area contributed by atoms with Crippen molar-refractivity contribution in [3.05, 3.63) is 29.1 Å². The fraction of sp³-hybridized carbons (Fsp3) is 0.500. The summed E-state index contributed by atoms with van der Waals surface area (Å²) in [5.74, 6) is -4.14. The van der Waals surface area contributed by atoms with Gasteiger partial charge in [-0.2, -0.15) is 0 Å². The maximum atomic E-state index is 13.6. The number of methoxy groups -OCH3 is 1. The van der Waals surface area contributed by atoms with Gasteiger partial charge in [-0.15, -0.1) is 0 Å². The average Bonchev–Trinajstić information content (AvgIpc) is 2.25. The zero-order valence-electron chi connectivity index (χ0n) is 10.1. The zero-order valence-corrected chi connectivity index (χ0v) is 10.1. The molecule has 0 spiro atoms. The molecule has 96 valence electrons. The second kappa shape index (κ2) is 4.96. The predicted octanol–water partition coefficient (Wildman–Crippen LogP) is 3.01. The summed E-state index contributed by atoms with van der Waals surface area (Å²) >= 11 is 0. The number of hydrogen-bond acceptors (Lipinski definition) is 2. The van der Waals surface area contributed by atoms with Crippen molar-refractivity contribution in [3.8, 4) is 5.75 Å². The highest BCUT2D eigenvalue weighted by Crippen LogP contribution is 2.35. The Labute approximate surface area is 98.6 Å². The second-order valence-corrected chi connectivity index (χ2v) is 4.11. The van der Waals surface area contributed by atoms with Crippen LogP contribution in [-0.2, 0) is 5.92 Å². The molecule has 0 saturated carbocycles. The lowest BCUT2D eigenvalue weighted by molar-refractivity contribution is 0.0170. The van der Waals surface area contributed by atoms with Crippen LogP contribution in [0.2, 0.25) is 0 Å². The van der Waals surface area contributed by atoms with Crippen LogP contribution in [0.4, 0.5) is 13.2 Å². The first kappa shape index (κ1) is 13.8. The Morgan fingerprint density at radius 3 is 2.41 bits per heavy atom. The summed E-state index contributed by atoms with van der Waals surface area (Å²) in [6.07, 6.45) is 0. The highest BCUT2D eigenvalue weighted by molar-refractivity contribution is 5.42. The molecule has 5 heteroatoms. The van der Waals surface area contributed by atoms with Crippen LogP contribution in [0, 0.1) is 5.82 Å². The van der Waals surface area contributed by atoms with E-state index < -0.39 is 11.7 Å². The normalized spacial score (nSPS) is 13.6. The molecule has 1 atom stereocenters. The van der Waals surface area contributed by atoms with E-state index in [1.54, 1.807) is 6.92 Å². The minimum atomic E-state index is -3.09. The summed E-state index contributed by atoms with van der Waals surface area (Å²) in [5.41, 5.74) is 5.47. The predicted molar refractivity (Wildman–Crippen MR) is 60.0 cm³/mol. The molecule has 0 amide bonds. The molecule has 1 unspecified atom stereocenters. The average molecular weight is 247 g/mol. The van der Waals surface area contributed by atoms with Crippen LogP contribution in [-0.4, -0.2) is 13.7 Å². The third-order valence-electron chi connectivity index (χ3n) is 2.67. The molecule has 1 rings (SSSR count). The second-order valence-electron chi connectivity index (χ2n) is 4.11. The minimum Gasteiger partial charge on any atom is -0.493 e. The summed E-state index contributed by atoms with van der Waals surface area (Å²) < 4.78 is 44.9. The number of hydrogen-bond donors (Lipinski definition) is 1. The van der Waals surface area contributed by atoms with E-state index in [1.165, 1.54) is 13.2 Å². The van der Waals surface area contributed by atoms with Crippen molar-refractivity contribution in [2.45, 2.75) is 25.7 Å². The molecule has 1 aromatic rings. The van der Waals surface area contributed by atoms with Gasteiger partial charge in [0.25, 0.3) is 5.92 Å². The molecule has 0 saturated heterocycles. The van der Waals surface area contributed by atoms with Crippen LogP contribution in [0.5, 0.6) is 5.75 Å². The third-order valence-corrected chi connectivity index (χ3v) is 2.67. The fourth-order valence-electron chi connectivity index (χ4n) is 1.58. The van der Waals surface area contributed by atoms with Crippen LogP contribution < -0.4 is 10.5 Å². The van der Waals surface area contributed by atoms with Gasteiger partial charge < -0.3 is 10.5 Å². The molecule has 0 radical (unpaired) electrons. The smallest absolute Gasteiger partial charge is 0.270 e. The van der Waals surface area contributed by atoms with Gasteiger partial charge in [0.2, 0.25) is 0 Å². The molecule has 2 nitrogen and oxygen atoms in total. The standard InChI is InChI=1S/C12H16F3NO/c1-7(6-16)9-4-8(12(2,14)15)5-10(13)11(9)17-3/h4-5,7H,6,16H2,1-3H3. The molecule has 0 bridgehead atoms. The van der Waals surface area contributed by atoms with Crippen LogP contribution in [0.1, 0.15) is 30.9 Å². The third kappa shape index (κ3) is 2.91. The number of rotatable bonds is 4. The maximum Gasteiger partial charge on any atom is 0.270 e. The molecule has 1 aromatic carbocycles. The van der Waals surface area contributed by atoms with E-state index in [0.29, 0.717) is 5.56 Å². The molecule has 0 fully saturated rings. The van der Waals surface area contributed by atoms with Gasteiger partial charge in [-0.3, -0.25) is 0 Å². The highest BCUT2D eigenvalue weighted by atomic mass is 19.3. The number of benzene rings is 1. The van der Waals surface area contributed by atoms with Crippen molar-refractivity contribution in [1.29, 1.82) is 0 Å². The van der Waals surface area contributed by atoms with Crippen molar-refractivity contribution in [3.63, 3.8) is 0 Å². The Bertz CT molecular complexity index is 401. The Hall–Kier alpha value is -1.23. The van der Waals surface area contributed by atoms with Gasteiger partial charge in [-0.05, 0) is 24.6 Å². The Balaban J connectivity index is 3.39. The molecular formula is C12H16F3NO. The molecule has 2 N–H and O–H groups in total. The lowest BCUT2D eigenvalue weighted by Gasteiger charge is -2.18. The monoisotopic (exact) mass is 247 g/mol. The van der Waals surface area contributed by atoms with Crippen molar-refractivity contribution < 1.29 is 17.9 Å². The van der Waals surface area contributed by atoms with Gasteiger partial charge in [-0.25, -0.2) is 13.2 Å². The van der Waals surface area contributed by atoms with E-state index in [-0.39, 0.29) is 23.8 Å². The van der Waals surface area contributed by atoms with Gasteiger partial charge >= 0.3 is 0 Å². The van der Waals surface area contributed by atoms with Crippen molar-refractivity contribution in [2.24, 2.45) is 5.73 Å². The first-order valence-electron chi connectivity index (χ1n) is 5.27. The number of alkyl halides is 2. The molecule has 17 heavy (non-hydrogen) atoms. The van der Waals surface area contributed by atoms with E-state index >= 15 is 0 Å². The van der Waals surface area contributed by atoms with E-state index in [1.807, 2.05) is 0 Å². The fourth-order valence-corrected chi connectivity index (χ4v) is 1.58. The SMILES string of the molecule is COc1c(F)cc(C(C)(F)F)cc1C(C)CN. The van der Waals surface area contributed by atoms with E-state index in [4.69, 9.17) is 10.5 Å².